The van der Waals surface area contributed by atoms with Crippen LogP contribution in [0.4, 0.5) is 4.39 Å². The highest BCUT2D eigenvalue weighted by Crippen LogP contribution is 2.47. The van der Waals surface area contributed by atoms with E-state index < -0.39 is 0 Å². The van der Waals surface area contributed by atoms with Crippen LogP contribution in [0.1, 0.15) is 24.8 Å². The maximum absolute atomic E-state index is 13.5. The Labute approximate surface area is 150 Å². The van der Waals surface area contributed by atoms with Crippen molar-refractivity contribution in [1.82, 2.24) is 15.5 Å². The number of guanidine groups is 1. The quantitative estimate of drug-likeness (QED) is 0.385. The third-order valence-electron chi connectivity index (χ3n) is 4.78. The molecule has 0 heterocycles. The second kappa shape index (κ2) is 9.73. The lowest BCUT2D eigenvalue weighted by atomic mass is 9.96. The van der Waals surface area contributed by atoms with Crippen LogP contribution in [0.2, 0.25) is 0 Å². The minimum Gasteiger partial charge on any atom is -0.385 e. The topological polar surface area (TPSA) is 48.9 Å². The van der Waals surface area contributed by atoms with E-state index in [1.165, 1.54) is 6.07 Å². The molecule has 1 fully saturated rings. The number of aliphatic imine (C=N–C) groups is 1. The van der Waals surface area contributed by atoms with E-state index in [9.17, 15) is 4.39 Å². The van der Waals surface area contributed by atoms with E-state index in [2.05, 4.69) is 27.6 Å². The molecule has 2 rings (SSSR count). The van der Waals surface area contributed by atoms with Crippen molar-refractivity contribution in [3.05, 3.63) is 35.6 Å². The third-order valence-corrected chi connectivity index (χ3v) is 4.78. The fourth-order valence-electron chi connectivity index (χ4n) is 2.97. The number of rotatable bonds is 10. The summed E-state index contributed by atoms with van der Waals surface area (Å²) >= 11 is 0. The van der Waals surface area contributed by atoms with Gasteiger partial charge in [0.25, 0.3) is 0 Å². The molecule has 1 aromatic carbocycles. The van der Waals surface area contributed by atoms with Crippen molar-refractivity contribution < 1.29 is 9.13 Å². The van der Waals surface area contributed by atoms with Crippen LogP contribution < -0.4 is 10.6 Å². The molecule has 0 saturated heterocycles. The molecule has 0 spiro atoms. The zero-order chi connectivity index (χ0) is 18.1. The van der Waals surface area contributed by atoms with Crippen molar-refractivity contribution in [2.75, 3.05) is 54.0 Å². The van der Waals surface area contributed by atoms with Gasteiger partial charge in [0.05, 0.1) is 0 Å². The summed E-state index contributed by atoms with van der Waals surface area (Å²) in [6, 6.07) is 6.95. The number of likely N-dealkylation sites (N-methyl/N-ethyl adjacent to an activating group) is 1. The molecular weight excluding hydrogens is 319 g/mol. The lowest BCUT2D eigenvalue weighted by Gasteiger charge is -2.21. The summed E-state index contributed by atoms with van der Waals surface area (Å²) in [7, 11) is 5.61. The summed E-state index contributed by atoms with van der Waals surface area (Å²) in [6.07, 6.45) is 3.21. The van der Waals surface area contributed by atoms with Crippen molar-refractivity contribution in [1.29, 1.82) is 0 Å². The molecule has 1 aromatic rings. The number of nitrogens with one attached hydrogen (secondary N) is 2. The number of hydrogen-bond donors (Lipinski definition) is 2. The van der Waals surface area contributed by atoms with Crippen LogP contribution in [-0.2, 0) is 10.2 Å². The second-order valence-corrected chi connectivity index (χ2v) is 6.79. The number of benzene rings is 1. The predicted molar refractivity (Wildman–Crippen MR) is 101 cm³/mol. The summed E-state index contributed by atoms with van der Waals surface area (Å²) in [4.78, 5) is 6.56. The monoisotopic (exact) mass is 350 g/mol. The Bertz CT molecular complexity index is 560. The third kappa shape index (κ3) is 6.29. The van der Waals surface area contributed by atoms with Gasteiger partial charge in [0.2, 0.25) is 0 Å². The molecule has 1 aliphatic rings. The van der Waals surface area contributed by atoms with E-state index >= 15 is 0 Å². The Morgan fingerprint density at radius 1 is 1.32 bits per heavy atom. The lowest BCUT2D eigenvalue weighted by Crippen LogP contribution is -2.43. The first-order valence-electron chi connectivity index (χ1n) is 8.98. The molecule has 6 heteroatoms. The largest absolute Gasteiger partial charge is 0.385 e. The number of nitrogens with zero attached hydrogens (tertiary/aromatic N) is 2. The average Bonchev–Trinajstić information content (AvgIpc) is 3.39. The molecule has 0 amide bonds. The number of methoxy groups -OCH3 is 1. The minimum absolute atomic E-state index is 0.0522. The molecule has 0 atom stereocenters. The van der Waals surface area contributed by atoms with Gasteiger partial charge in [-0.3, -0.25) is 4.99 Å². The molecule has 0 aromatic heterocycles. The van der Waals surface area contributed by atoms with Crippen molar-refractivity contribution in [2.45, 2.75) is 24.7 Å². The molecule has 1 aliphatic carbocycles. The SMILES string of the molecule is CN=C(NCCN(C)CCCOC)NCC1(c2cccc(F)c2)CC1. The molecule has 0 bridgehead atoms. The standard InChI is InChI=1S/C19H31FN4O/c1-21-18(22-10-12-24(2)11-5-13-25-3)23-15-19(8-9-19)16-6-4-7-17(20)14-16/h4,6-7,14H,5,8-13,15H2,1-3H3,(H2,21,22,23). The lowest BCUT2D eigenvalue weighted by molar-refractivity contribution is 0.180. The highest BCUT2D eigenvalue weighted by Gasteiger charge is 2.44. The highest BCUT2D eigenvalue weighted by atomic mass is 19.1. The number of hydrogen-bond acceptors (Lipinski definition) is 3. The predicted octanol–water partition coefficient (Wildman–Crippen LogP) is 1.99. The van der Waals surface area contributed by atoms with Gasteiger partial charge in [-0.25, -0.2) is 4.39 Å². The smallest absolute Gasteiger partial charge is 0.191 e. The van der Waals surface area contributed by atoms with Gasteiger partial charge in [0, 0.05) is 52.4 Å². The fraction of sp³-hybridized carbons (Fsp3) is 0.632. The molecule has 0 aliphatic heterocycles. The van der Waals surface area contributed by atoms with Gasteiger partial charge in [0.15, 0.2) is 5.96 Å². The maximum Gasteiger partial charge on any atom is 0.191 e. The van der Waals surface area contributed by atoms with Gasteiger partial charge in [-0.05, 0) is 44.0 Å². The summed E-state index contributed by atoms with van der Waals surface area (Å²) in [5, 5.41) is 6.74. The van der Waals surface area contributed by atoms with Crippen molar-refractivity contribution in [3.8, 4) is 0 Å². The Hall–Kier alpha value is -1.66. The van der Waals surface area contributed by atoms with Gasteiger partial charge in [-0.2, -0.15) is 0 Å². The van der Waals surface area contributed by atoms with E-state index in [-0.39, 0.29) is 11.2 Å². The first kappa shape index (κ1) is 19.7. The summed E-state index contributed by atoms with van der Waals surface area (Å²) < 4.78 is 18.5. The van der Waals surface area contributed by atoms with E-state index in [0.717, 1.165) is 63.6 Å². The van der Waals surface area contributed by atoms with Crippen molar-refractivity contribution in [2.24, 2.45) is 4.99 Å². The second-order valence-electron chi connectivity index (χ2n) is 6.79. The first-order valence-corrected chi connectivity index (χ1v) is 8.98. The van der Waals surface area contributed by atoms with Crippen LogP contribution in [0.3, 0.4) is 0 Å². The van der Waals surface area contributed by atoms with Crippen LogP contribution in [0.5, 0.6) is 0 Å². The van der Waals surface area contributed by atoms with E-state index in [1.807, 2.05) is 6.07 Å². The molecule has 0 radical (unpaired) electrons. The zero-order valence-corrected chi connectivity index (χ0v) is 15.6. The molecule has 0 unspecified atom stereocenters. The highest BCUT2D eigenvalue weighted by molar-refractivity contribution is 5.79. The normalized spacial score (nSPS) is 16.1. The molecular formula is C19H31FN4O. The number of halogens is 1. The van der Waals surface area contributed by atoms with Crippen molar-refractivity contribution >= 4 is 5.96 Å². The molecule has 25 heavy (non-hydrogen) atoms. The Morgan fingerprint density at radius 3 is 2.76 bits per heavy atom. The number of ether oxygens (including phenoxy) is 1. The van der Waals surface area contributed by atoms with Crippen LogP contribution in [0, 0.1) is 5.82 Å². The average molecular weight is 350 g/mol. The van der Waals surface area contributed by atoms with Gasteiger partial charge < -0.3 is 20.3 Å². The first-order chi connectivity index (χ1) is 12.1. The molecule has 1 saturated carbocycles. The Kier molecular flexibility index (Phi) is 7.65. The van der Waals surface area contributed by atoms with Gasteiger partial charge in [-0.1, -0.05) is 12.1 Å². The Morgan fingerprint density at radius 2 is 2.12 bits per heavy atom. The summed E-state index contributed by atoms with van der Waals surface area (Å²) in [5.41, 5.74) is 1.13. The van der Waals surface area contributed by atoms with Gasteiger partial charge >= 0.3 is 0 Å². The van der Waals surface area contributed by atoms with Gasteiger partial charge in [0.1, 0.15) is 5.82 Å². The molecule has 140 valence electrons. The van der Waals surface area contributed by atoms with E-state index in [0.29, 0.717) is 0 Å². The summed E-state index contributed by atoms with van der Waals surface area (Å²) in [5.74, 6) is 0.635. The maximum atomic E-state index is 13.5. The van der Waals surface area contributed by atoms with E-state index in [1.54, 1.807) is 26.3 Å². The molecule has 2 N–H and O–H groups in total. The molecule has 5 nitrogen and oxygen atoms in total. The van der Waals surface area contributed by atoms with Crippen molar-refractivity contribution in [3.63, 3.8) is 0 Å². The summed E-state index contributed by atoms with van der Waals surface area (Å²) in [6.45, 7) is 4.36. The zero-order valence-electron chi connectivity index (χ0n) is 15.6. The van der Waals surface area contributed by atoms with Crippen LogP contribution in [-0.4, -0.2) is 64.9 Å². The van der Waals surface area contributed by atoms with E-state index in [4.69, 9.17) is 4.74 Å². The fourth-order valence-corrected chi connectivity index (χ4v) is 2.97. The Balaban J connectivity index is 1.72. The van der Waals surface area contributed by atoms with Crippen LogP contribution in [0.25, 0.3) is 0 Å². The van der Waals surface area contributed by atoms with Gasteiger partial charge in [-0.15, -0.1) is 0 Å². The van der Waals surface area contributed by atoms with Crippen LogP contribution >= 0.6 is 0 Å². The van der Waals surface area contributed by atoms with Crippen LogP contribution in [0.15, 0.2) is 29.3 Å². The minimum atomic E-state index is -0.164.